The number of hydrogen-bond acceptors (Lipinski definition) is 1. The van der Waals surface area contributed by atoms with Gasteiger partial charge in [-0.05, 0) is 28.9 Å². The van der Waals surface area contributed by atoms with Crippen LogP contribution in [0.25, 0.3) is 10.8 Å². The van der Waals surface area contributed by atoms with Gasteiger partial charge in [-0.25, -0.2) is 8.78 Å². The molecule has 1 heterocycles. The number of halogens is 2. The number of aryl methyl sites for hydroxylation is 1. The molecule has 0 atom stereocenters. The van der Waals surface area contributed by atoms with Gasteiger partial charge in [0.25, 0.3) is 5.56 Å². The highest BCUT2D eigenvalue weighted by molar-refractivity contribution is 5.86. The number of aromatic nitrogens is 1. The molecule has 0 radical (unpaired) electrons. The lowest BCUT2D eigenvalue weighted by molar-refractivity contribution is 0.501. The molecule has 1 aromatic carbocycles. The summed E-state index contributed by atoms with van der Waals surface area (Å²) in [5, 5.41) is 0.329. The van der Waals surface area contributed by atoms with Crippen LogP contribution >= 0.6 is 0 Å². The Morgan fingerprint density at radius 3 is 2.47 bits per heavy atom. The lowest BCUT2D eigenvalue weighted by Gasteiger charge is -2.25. The number of rotatable bonds is 2. The summed E-state index contributed by atoms with van der Waals surface area (Å²) in [7, 11) is 1.56. The lowest BCUT2D eigenvalue weighted by atomic mass is 9.80. The quantitative estimate of drug-likeness (QED) is 0.814. The Kier molecular flexibility index (Phi) is 3.20. The highest BCUT2D eigenvalue weighted by Crippen LogP contribution is 2.32. The number of pyridine rings is 1. The van der Waals surface area contributed by atoms with Crippen LogP contribution in [0.15, 0.2) is 23.1 Å². The molecule has 4 heteroatoms. The third-order valence-corrected chi connectivity index (χ3v) is 3.85. The minimum Gasteiger partial charge on any atom is -0.318 e. The largest absolute Gasteiger partial charge is 0.318 e. The molecule has 2 rings (SSSR count). The minimum absolute atomic E-state index is 0.165. The second-order valence-electron chi connectivity index (χ2n) is 5.48. The first kappa shape index (κ1) is 13.7. The van der Waals surface area contributed by atoms with E-state index in [-0.39, 0.29) is 10.8 Å². The zero-order chi connectivity index (χ0) is 14.4. The molecule has 0 saturated carbocycles. The molecule has 0 saturated heterocycles. The maximum absolute atomic E-state index is 13.9. The van der Waals surface area contributed by atoms with Crippen LogP contribution < -0.4 is 5.56 Å². The van der Waals surface area contributed by atoms with Gasteiger partial charge in [0.2, 0.25) is 0 Å². The Balaban J connectivity index is 3.01. The molecule has 19 heavy (non-hydrogen) atoms. The van der Waals surface area contributed by atoms with Crippen molar-refractivity contribution in [3.05, 3.63) is 45.9 Å². The van der Waals surface area contributed by atoms with Gasteiger partial charge in [-0.2, -0.15) is 0 Å². The van der Waals surface area contributed by atoms with Crippen molar-refractivity contribution in [3.8, 4) is 0 Å². The maximum atomic E-state index is 13.9. The van der Waals surface area contributed by atoms with Gasteiger partial charge in [0.15, 0.2) is 11.6 Å². The molecule has 0 bridgehead atoms. The summed E-state index contributed by atoms with van der Waals surface area (Å²) in [6.07, 6.45) is 2.55. The zero-order valence-corrected chi connectivity index (χ0v) is 11.6. The predicted octanol–water partition coefficient (Wildman–Crippen LogP) is 3.50. The first-order valence-electron chi connectivity index (χ1n) is 6.27. The summed E-state index contributed by atoms with van der Waals surface area (Å²) >= 11 is 0. The summed E-state index contributed by atoms with van der Waals surface area (Å²) in [5.41, 5.74) is 0.127. The van der Waals surface area contributed by atoms with E-state index in [0.717, 1.165) is 18.1 Å². The average Bonchev–Trinajstić information content (AvgIpc) is 2.37. The second kappa shape index (κ2) is 4.44. The summed E-state index contributed by atoms with van der Waals surface area (Å²) in [6, 6.07) is 2.56. The molecular weight excluding hydrogens is 248 g/mol. The van der Waals surface area contributed by atoms with Crippen molar-refractivity contribution in [3.63, 3.8) is 0 Å². The fourth-order valence-electron chi connectivity index (χ4n) is 2.21. The minimum atomic E-state index is -1.06. The van der Waals surface area contributed by atoms with Gasteiger partial charge in [0.05, 0.1) is 5.39 Å². The van der Waals surface area contributed by atoms with Crippen LogP contribution in [0.3, 0.4) is 0 Å². The van der Waals surface area contributed by atoms with Crippen molar-refractivity contribution < 1.29 is 8.78 Å². The Labute approximate surface area is 110 Å². The molecule has 0 spiro atoms. The second-order valence-corrected chi connectivity index (χ2v) is 5.48. The van der Waals surface area contributed by atoms with E-state index < -0.39 is 17.2 Å². The molecule has 2 aromatic rings. The van der Waals surface area contributed by atoms with Crippen LogP contribution in [-0.4, -0.2) is 4.57 Å². The van der Waals surface area contributed by atoms with E-state index >= 15 is 0 Å². The van der Waals surface area contributed by atoms with Crippen LogP contribution in [0.5, 0.6) is 0 Å². The van der Waals surface area contributed by atoms with Gasteiger partial charge in [-0.15, -0.1) is 0 Å². The highest BCUT2D eigenvalue weighted by atomic mass is 19.2. The zero-order valence-electron chi connectivity index (χ0n) is 11.6. The molecule has 1 aromatic heterocycles. The van der Waals surface area contributed by atoms with E-state index in [1.54, 1.807) is 13.2 Å². The molecule has 2 nitrogen and oxygen atoms in total. The first-order valence-corrected chi connectivity index (χ1v) is 6.27. The number of fused-ring (bicyclic) bond motifs is 1. The van der Waals surface area contributed by atoms with Gasteiger partial charge < -0.3 is 4.57 Å². The van der Waals surface area contributed by atoms with Crippen molar-refractivity contribution in [2.45, 2.75) is 32.6 Å². The highest BCUT2D eigenvalue weighted by Gasteiger charge is 2.24. The Bertz CT molecular complexity index is 701. The van der Waals surface area contributed by atoms with Crippen molar-refractivity contribution in [2.24, 2.45) is 7.05 Å². The number of benzene rings is 1. The monoisotopic (exact) mass is 265 g/mol. The molecular formula is C15H17F2NO. The van der Waals surface area contributed by atoms with Crippen molar-refractivity contribution in [2.75, 3.05) is 0 Å². The predicted molar refractivity (Wildman–Crippen MR) is 72.4 cm³/mol. The molecule has 0 fully saturated rings. The standard InChI is InChI=1S/C15H17F2NO/c1-5-15(2,3)10-8-18(4)14(19)12-9(10)6-7-11(16)13(12)17/h6-8H,5H2,1-4H3. The SMILES string of the molecule is CCC(C)(C)c1cn(C)c(=O)c2c(F)c(F)ccc12. The average molecular weight is 265 g/mol. The molecule has 102 valence electrons. The number of hydrogen-bond donors (Lipinski definition) is 0. The fourth-order valence-corrected chi connectivity index (χ4v) is 2.21. The molecule has 0 amide bonds. The topological polar surface area (TPSA) is 22.0 Å². The molecule has 0 aliphatic heterocycles. The van der Waals surface area contributed by atoms with E-state index in [0.29, 0.717) is 5.39 Å². The van der Waals surface area contributed by atoms with E-state index in [1.807, 2.05) is 20.8 Å². The van der Waals surface area contributed by atoms with Crippen LogP contribution in [-0.2, 0) is 12.5 Å². The smallest absolute Gasteiger partial charge is 0.261 e. The van der Waals surface area contributed by atoms with Crippen LogP contribution in [0, 0.1) is 11.6 Å². The van der Waals surface area contributed by atoms with Crippen molar-refractivity contribution in [1.82, 2.24) is 4.57 Å². The number of nitrogens with zero attached hydrogens (tertiary/aromatic N) is 1. The summed E-state index contributed by atoms with van der Waals surface area (Å²) in [4.78, 5) is 12.0. The van der Waals surface area contributed by atoms with Gasteiger partial charge >= 0.3 is 0 Å². The van der Waals surface area contributed by atoms with Gasteiger partial charge in [0, 0.05) is 13.2 Å². The summed E-state index contributed by atoms with van der Waals surface area (Å²) < 4.78 is 28.6. The lowest BCUT2D eigenvalue weighted by Crippen LogP contribution is -2.24. The molecule has 0 aliphatic rings. The summed E-state index contributed by atoms with van der Waals surface area (Å²) in [5.74, 6) is -2.05. The Morgan fingerprint density at radius 2 is 1.89 bits per heavy atom. The molecule has 0 aliphatic carbocycles. The third-order valence-electron chi connectivity index (χ3n) is 3.85. The Hall–Kier alpha value is -1.71. The van der Waals surface area contributed by atoms with E-state index in [1.165, 1.54) is 10.6 Å². The first-order chi connectivity index (χ1) is 8.79. The van der Waals surface area contributed by atoms with Crippen LogP contribution in [0.4, 0.5) is 8.78 Å². The van der Waals surface area contributed by atoms with E-state index in [2.05, 4.69) is 0 Å². The van der Waals surface area contributed by atoms with Crippen LogP contribution in [0.2, 0.25) is 0 Å². The Morgan fingerprint density at radius 1 is 1.26 bits per heavy atom. The molecule has 0 unspecified atom stereocenters. The van der Waals surface area contributed by atoms with Crippen molar-refractivity contribution in [1.29, 1.82) is 0 Å². The van der Waals surface area contributed by atoms with E-state index in [9.17, 15) is 13.6 Å². The van der Waals surface area contributed by atoms with Gasteiger partial charge in [0.1, 0.15) is 0 Å². The molecule has 0 N–H and O–H groups in total. The normalized spacial score (nSPS) is 12.1. The van der Waals surface area contributed by atoms with Crippen molar-refractivity contribution >= 4 is 10.8 Å². The van der Waals surface area contributed by atoms with Gasteiger partial charge in [-0.1, -0.05) is 26.8 Å². The third kappa shape index (κ3) is 2.05. The van der Waals surface area contributed by atoms with Gasteiger partial charge in [-0.3, -0.25) is 4.79 Å². The van der Waals surface area contributed by atoms with Crippen LogP contribution in [0.1, 0.15) is 32.8 Å². The summed E-state index contributed by atoms with van der Waals surface area (Å²) in [6.45, 7) is 6.07. The fraction of sp³-hybridized carbons (Fsp3) is 0.400. The maximum Gasteiger partial charge on any atom is 0.261 e. The van der Waals surface area contributed by atoms with E-state index in [4.69, 9.17) is 0 Å².